The van der Waals surface area contributed by atoms with Gasteiger partial charge >= 0.3 is 0 Å². The molecule has 1 aliphatic heterocycles. The van der Waals surface area contributed by atoms with Crippen LogP contribution >= 0.6 is 34.0 Å². The van der Waals surface area contributed by atoms with Crippen LogP contribution in [0.15, 0.2) is 18.2 Å². The Kier molecular flexibility index (Phi) is 8.86. The zero-order chi connectivity index (χ0) is 11.4. The lowest BCUT2D eigenvalue weighted by Crippen LogP contribution is -2.49. The van der Waals surface area contributed by atoms with Crippen LogP contribution < -0.4 is 15.4 Å². The van der Waals surface area contributed by atoms with Crippen LogP contribution in [-0.2, 0) is 6.42 Å². The largest absolute Gasteiger partial charge is 0.496 e. The average molecular weight is 382 g/mol. The Balaban J connectivity index is 0.00000144. The number of methoxy groups -OCH3 is 1. The highest BCUT2D eigenvalue weighted by molar-refractivity contribution is 8.93. The molecule has 18 heavy (non-hydrogen) atoms. The maximum Gasteiger partial charge on any atom is 0.121 e. The number of aryl methyl sites for hydroxylation is 1. The minimum Gasteiger partial charge on any atom is -0.496 e. The second-order valence-electron chi connectivity index (χ2n) is 4.36. The molecule has 1 aliphatic rings. The van der Waals surface area contributed by atoms with Crippen LogP contribution in [0.4, 0.5) is 0 Å². The minimum absolute atomic E-state index is 0. The van der Waals surface area contributed by atoms with E-state index >= 15 is 0 Å². The highest BCUT2D eigenvalue weighted by atomic mass is 79.9. The van der Waals surface area contributed by atoms with Gasteiger partial charge in [-0.25, -0.2) is 0 Å². The molecule has 0 bridgehead atoms. The molecule has 3 nitrogen and oxygen atoms in total. The van der Waals surface area contributed by atoms with Gasteiger partial charge in [0.05, 0.1) is 7.11 Å². The van der Waals surface area contributed by atoms with Gasteiger partial charge in [0.1, 0.15) is 5.75 Å². The Labute approximate surface area is 130 Å². The van der Waals surface area contributed by atoms with Crippen molar-refractivity contribution >= 4 is 34.0 Å². The smallest absolute Gasteiger partial charge is 0.121 e. The van der Waals surface area contributed by atoms with E-state index in [9.17, 15) is 0 Å². The van der Waals surface area contributed by atoms with E-state index < -0.39 is 0 Å². The molecular weight excluding hydrogens is 360 g/mol. The molecule has 2 rings (SSSR count). The van der Waals surface area contributed by atoms with Crippen LogP contribution in [0.25, 0.3) is 0 Å². The Hall–Kier alpha value is -0.100. The first-order valence-corrected chi connectivity index (χ1v) is 5.87. The summed E-state index contributed by atoms with van der Waals surface area (Å²) in [6, 6.07) is 6.99. The lowest BCUT2D eigenvalue weighted by molar-refractivity contribution is 0.409. The van der Waals surface area contributed by atoms with Crippen LogP contribution in [0.2, 0.25) is 0 Å². The number of hydrogen-bond acceptors (Lipinski definition) is 3. The van der Waals surface area contributed by atoms with Crippen molar-refractivity contribution in [2.24, 2.45) is 0 Å². The molecule has 1 unspecified atom stereocenters. The van der Waals surface area contributed by atoms with Crippen molar-refractivity contribution in [1.82, 2.24) is 10.6 Å². The van der Waals surface area contributed by atoms with Gasteiger partial charge in [-0.05, 0) is 30.5 Å². The van der Waals surface area contributed by atoms with Crippen molar-refractivity contribution in [2.75, 3.05) is 26.7 Å². The number of halogens is 2. The van der Waals surface area contributed by atoms with Crippen molar-refractivity contribution in [3.8, 4) is 5.75 Å². The fourth-order valence-corrected chi connectivity index (χ4v) is 2.21. The molecular formula is C13H22Br2N2O. The summed E-state index contributed by atoms with van der Waals surface area (Å²) in [5.41, 5.74) is 2.59. The van der Waals surface area contributed by atoms with Gasteiger partial charge < -0.3 is 15.4 Å². The van der Waals surface area contributed by atoms with E-state index in [0.717, 1.165) is 31.8 Å². The van der Waals surface area contributed by atoms with Crippen LogP contribution in [0.3, 0.4) is 0 Å². The molecule has 1 fully saturated rings. The van der Waals surface area contributed by atoms with Crippen LogP contribution in [0.1, 0.15) is 11.1 Å². The van der Waals surface area contributed by atoms with E-state index in [4.69, 9.17) is 4.74 Å². The van der Waals surface area contributed by atoms with Gasteiger partial charge in [-0.2, -0.15) is 0 Å². The van der Waals surface area contributed by atoms with Crippen molar-refractivity contribution in [2.45, 2.75) is 19.4 Å². The maximum atomic E-state index is 5.26. The Morgan fingerprint density at radius 1 is 1.28 bits per heavy atom. The number of ether oxygens (including phenoxy) is 1. The topological polar surface area (TPSA) is 33.3 Å². The Bertz CT molecular complexity index is 355. The molecule has 5 heteroatoms. The van der Waals surface area contributed by atoms with Crippen LogP contribution in [0.5, 0.6) is 5.75 Å². The Morgan fingerprint density at radius 2 is 2.06 bits per heavy atom. The van der Waals surface area contributed by atoms with E-state index in [2.05, 4.69) is 35.8 Å². The molecule has 1 saturated heterocycles. The van der Waals surface area contributed by atoms with E-state index in [1.54, 1.807) is 7.11 Å². The number of rotatable bonds is 3. The zero-order valence-electron chi connectivity index (χ0n) is 10.9. The lowest BCUT2D eigenvalue weighted by atomic mass is 10.0. The molecule has 104 valence electrons. The van der Waals surface area contributed by atoms with Crippen molar-refractivity contribution in [1.29, 1.82) is 0 Å². The van der Waals surface area contributed by atoms with Crippen molar-refractivity contribution in [3.05, 3.63) is 29.3 Å². The van der Waals surface area contributed by atoms with Gasteiger partial charge in [-0.15, -0.1) is 34.0 Å². The second kappa shape index (κ2) is 8.91. The SMILES string of the molecule is Br.Br.COc1ccc(CC2CNCCN2)cc1C. The van der Waals surface area contributed by atoms with Crippen LogP contribution in [-0.4, -0.2) is 32.8 Å². The molecule has 2 N–H and O–H groups in total. The zero-order valence-corrected chi connectivity index (χ0v) is 14.3. The Morgan fingerprint density at radius 3 is 2.61 bits per heavy atom. The predicted molar refractivity (Wildman–Crippen MR) is 86.7 cm³/mol. The maximum absolute atomic E-state index is 5.26. The van der Waals surface area contributed by atoms with E-state index in [1.807, 2.05) is 0 Å². The molecule has 0 aliphatic carbocycles. The highest BCUT2D eigenvalue weighted by Gasteiger charge is 2.12. The summed E-state index contributed by atoms with van der Waals surface area (Å²) in [6.45, 7) is 5.30. The molecule has 0 amide bonds. The predicted octanol–water partition coefficient (Wildman–Crippen LogP) is 2.26. The molecule has 0 radical (unpaired) electrons. The van der Waals surface area contributed by atoms with E-state index in [-0.39, 0.29) is 34.0 Å². The highest BCUT2D eigenvalue weighted by Crippen LogP contribution is 2.19. The fraction of sp³-hybridized carbons (Fsp3) is 0.538. The van der Waals surface area contributed by atoms with Crippen LogP contribution in [0, 0.1) is 6.92 Å². The molecule has 1 aromatic carbocycles. The first-order valence-electron chi connectivity index (χ1n) is 5.87. The summed E-state index contributed by atoms with van der Waals surface area (Å²) < 4.78 is 5.26. The average Bonchev–Trinajstić information content (AvgIpc) is 2.31. The minimum atomic E-state index is 0. The number of hydrogen-bond donors (Lipinski definition) is 2. The third-order valence-electron chi connectivity index (χ3n) is 3.07. The van der Waals surface area contributed by atoms with Gasteiger partial charge in [-0.1, -0.05) is 12.1 Å². The van der Waals surface area contributed by atoms with Gasteiger partial charge in [0, 0.05) is 25.7 Å². The molecule has 1 aromatic rings. The second-order valence-corrected chi connectivity index (χ2v) is 4.36. The molecule has 1 atom stereocenters. The summed E-state index contributed by atoms with van der Waals surface area (Å²) in [5.74, 6) is 0.971. The molecule has 0 aromatic heterocycles. The number of piperazine rings is 1. The van der Waals surface area contributed by atoms with Gasteiger partial charge in [-0.3, -0.25) is 0 Å². The third-order valence-corrected chi connectivity index (χ3v) is 3.07. The molecule has 0 saturated carbocycles. The lowest BCUT2D eigenvalue weighted by Gasteiger charge is -2.24. The fourth-order valence-electron chi connectivity index (χ4n) is 2.21. The van der Waals surface area contributed by atoms with E-state index in [1.165, 1.54) is 11.1 Å². The van der Waals surface area contributed by atoms with Gasteiger partial charge in [0.2, 0.25) is 0 Å². The van der Waals surface area contributed by atoms with Crippen molar-refractivity contribution < 1.29 is 4.74 Å². The normalized spacial score (nSPS) is 18.4. The van der Waals surface area contributed by atoms with Gasteiger partial charge in [0.15, 0.2) is 0 Å². The van der Waals surface area contributed by atoms with Gasteiger partial charge in [0.25, 0.3) is 0 Å². The quantitative estimate of drug-likeness (QED) is 0.842. The molecule has 1 heterocycles. The standard InChI is InChI=1S/C13H20N2O.2BrH/c1-10-7-11(3-4-13(10)16-2)8-12-9-14-5-6-15-12;;/h3-4,7,12,14-15H,5-6,8-9H2,1-2H3;2*1H. The molecule has 0 spiro atoms. The summed E-state index contributed by atoms with van der Waals surface area (Å²) in [6.07, 6.45) is 1.08. The summed E-state index contributed by atoms with van der Waals surface area (Å²) in [5, 5.41) is 6.93. The number of benzene rings is 1. The summed E-state index contributed by atoms with van der Waals surface area (Å²) in [7, 11) is 1.72. The summed E-state index contributed by atoms with van der Waals surface area (Å²) in [4.78, 5) is 0. The first-order chi connectivity index (χ1) is 7.79. The third kappa shape index (κ3) is 4.88. The summed E-state index contributed by atoms with van der Waals surface area (Å²) >= 11 is 0. The number of nitrogens with one attached hydrogen (secondary N) is 2. The monoisotopic (exact) mass is 380 g/mol. The van der Waals surface area contributed by atoms with E-state index in [0.29, 0.717) is 6.04 Å². The first kappa shape index (κ1) is 17.9. The van der Waals surface area contributed by atoms with Crippen molar-refractivity contribution in [3.63, 3.8) is 0 Å².